The molecule has 138 valence electrons. The van der Waals surface area contributed by atoms with Crippen molar-refractivity contribution in [2.24, 2.45) is 0 Å². The molecule has 0 saturated carbocycles. The first-order valence-corrected chi connectivity index (χ1v) is 8.87. The second kappa shape index (κ2) is 7.06. The van der Waals surface area contributed by atoms with Crippen LogP contribution in [0.1, 0.15) is 34.9 Å². The van der Waals surface area contributed by atoms with E-state index < -0.39 is 0 Å². The van der Waals surface area contributed by atoms with E-state index in [-0.39, 0.29) is 17.5 Å². The average molecular weight is 364 g/mol. The van der Waals surface area contributed by atoms with Crippen LogP contribution in [0.4, 0.5) is 5.82 Å². The minimum absolute atomic E-state index is 0.0268. The molecule has 1 fully saturated rings. The summed E-state index contributed by atoms with van der Waals surface area (Å²) >= 11 is 0. The van der Waals surface area contributed by atoms with E-state index in [1.807, 2.05) is 30.3 Å². The summed E-state index contributed by atoms with van der Waals surface area (Å²) in [7, 11) is 0. The van der Waals surface area contributed by atoms with E-state index in [9.17, 15) is 9.59 Å². The largest absolute Gasteiger partial charge is 0.384 e. The first-order chi connectivity index (χ1) is 13.1. The molecule has 2 aromatic heterocycles. The highest BCUT2D eigenvalue weighted by molar-refractivity contribution is 5.94. The number of hydrogen-bond acceptors (Lipinski definition) is 5. The number of H-pyrrole nitrogens is 1. The van der Waals surface area contributed by atoms with Gasteiger partial charge in [-0.05, 0) is 37.1 Å². The smallest absolute Gasteiger partial charge is 0.347 e. The number of aromatic nitrogens is 4. The van der Waals surface area contributed by atoms with Crippen molar-refractivity contribution in [1.82, 2.24) is 24.6 Å². The molecule has 1 aliphatic rings. The number of amides is 1. The fourth-order valence-corrected chi connectivity index (χ4v) is 3.55. The summed E-state index contributed by atoms with van der Waals surface area (Å²) in [4.78, 5) is 30.9. The van der Waals surface area contributed by atoms with E-state index >= 15 is 0 Å². The minimum atomic E-state index is -0.276. The van der Waals surface area contributed by atoms with Crippen LogP contribution >= 0.6 is 0 Å². The maximum absolute atomic E-state index is 12.8. The maximum Gasteiger partial charge on any atom is 0.347 e. The zero-order chi connectivity index (χ0) is 18.8. The van der Waals surface area contributed by atoms with Gasteiger partial charge in [-0.2, -0.15) is 5.10 Å². The third-order valence-corrected chi connectivity index (χ3v) is 4.81. The Hall–Kier alpha value is -3.42. The molecule has 1 saturated heterocycles. The maximum atomic E-state index is 12.8. The zero-order valence-electron chi connectivity index (χ0n) is 14.7. The number of rotatable bonds is 3. The van der Waals surface area contributed by atoms with Gasteiger partial charge in [0.05, 0.1) is 5.69 Å². The van der Waals surface area contributed by atoms with E-state index in [0.29, 0.717) is 30.3 Å². The number of anilines is 1. The molecule has 3 aromatic rings. The monoisotopic (exact) mass is 364 g/mol. The van der Waals surface area contributed by atoms with Gasteiger partial charge in [0.2, 0.25) is 0 Å². The first kappa shape index (κ1) is 17.0. The van der Waals surface area contributed by atoms with Gasteiger partial charge in [-0.1, -0.05) is 18.2 Å². The molecule has 3 N–H and O–H groups in total. The molecule has 1 aromatic carbocycles. The molecule has 0 spiro atoms. The third kappa shape index (κ3) is 3.33. The number of nitrogens with two attached hydrogens (primary N) is 1. The zero-order valence-corrected chi connectivity index (χ0v) is 14.7. The molecule has 0 aliphatic carbocycles. The number of aromatic amines is 1. The second-order valence-electron chi connectivity index (χ2n) is 6.62. The minimum Gasteiger partial charge on any atom is -0.384 e. The summed E-state index contributed by atoms with van der Waals surface area (Å²) < 4.78 is 1.59. The van der Waals surface area contributed by atoms with E-state index in [2.05, 4.69) is 15.2 Å². The van der Waals surface area contributed by atoms with Gasteiger partial charge in [0, 0.05) is 30.8 Å². The molecule has 1 atom stereocenters. The first-order valence-electron chi connectivity index (χ1n) is 8.87. The van der Waals surface area contributed by atoms with Gasteiger partial charge in [-0.15, -0.1) is 0 Å². The standard InChI is InChI=1S/C19H20N6O2/c20-16-11-13(8-9-21-16)18(26)24-10-4-5-14(12-24)17-22-23-19(27)25(17)15-6-2-1-3-7-15/h1-3,6-9,11,14H,4-5,10,12H2,(H2,20,21)(H,23,27). The summed E-state index contributed by atoms with van der Waals surface area (Å²) in [5.74, 6) is 0.858. The number of nitrogen functional groups attached to an aromatic ring is 1. The topological polar surface area (TPSA) is 110 Å². The van der Waals surface area contributed by atoms with Crippen LogP contribution in [-0.2, 0) is 0 Å². The van der Waals surface area contributed by atoms with E-state index in [1.54, 1.807) is 21.6 Å². The number of nitrogens with zero attached hydrogens (tertiary/aromatic N) is 4. The number of pyridine rings is 1. The van der Waals surface area contributed by atoms with Gasteiger partial charge < -0.3 is 10.6 Å². The Labute approximate surface area is 155 Å². The number of carbonyl (C=O) groups excluding carboxylic acids is 1. The van der Waals surface area contributed by atoms with Crippen LogP contribution < -0.4 is 11.4 Å². The number of hydrogen-bond donors (Lipinski definition) is 2. The third-order valence-electron chi connectivity index (χ3n) is 4.81. The molecule has 1 unspecified atom stereocenters. The molecule has 4 rings (SSSR count). The Balaban J connectivity index is 1.61. The molecule has 1 aliphatic heterocycles. The van der Waals surface area contributed by atoms with Crippen molar-refractivity contribution in [1.29, 1.82) is 0 Å². The van der Waals surface area contributed by atoms with Crippen LogP contribution in [-0.4, -0.2) is 43.6 Å². The summed E-state index contributed by atoms with van der Waals surface area (Å²) in [6, 6.07) is 12.6. The normalized spacial score (nSPS) is 17.0. The van der Waals surface area contributed by atoms with Crippen molar-refractivity contribution < 1.29 is 4.79 Å². The van der Waals surface area contributed by atoms with Gasteiger partial charge >= 0.3 is 5.69 Å². The number of para-hydroxylation sites is 1. The Bertz CT molecular complexity index is 1010. The van der Waals surface area contributed by atoms with Crippen LogP contribution in [0.5, 0.6) is 0 Å². The van der Waals surface area contributed by atoms with E-state index in [4.69, 9.17) is 5.73 Å². The van der Waals surface area contributed by atoms with Gasteiger partial charge in [0.25, 0.3) is 5.91 Å². The highest BCUT2D eigenvalue weighted by atomic mass is 16.2. The Morgan fingerprint density at radius 2 is 2.04 bits per heavy atom. The fourth-order valence-electron chi connectivity index (χ4n) is 3.55. The Kier molecular flexibility index (Phi) is 4.45. The van der Waals surface area contributed by atoms with Crippen molar-refractivity contribution in [3.63, 3.8) is 0 Å². The average Bonchev–Trinajstić information content (AvgIpc) is 3.09. The lowest BCUT2D eigenvalue weighted by atomic mass is 9.96. The van der Waals surface area contributed by atoms with Gasteiger partial charge in [-0.25, -0.2) is 19.4 Å². The quantitative estimate of drug-likeness (QED) is 0.733. The lowest BCUT2D eigenvalue weighted by Gasteiger charge is -2.32. The molecule has 27 heavy (non-hydrogen) atoms. The Morgan fingerprint density at radius 3 is 2.81 bits per heavy atom. The van der Waals surface area contributed by atoms with Crippen LogP contribution in [0.3, 0.4) is 0 Å². The van der Waals surface area contributed by atoms with Crippen molar-refractivity contribution in [3.05, 3.63) is 70.5 Å². The molecule has 0 radical (unpaired) electrons. The van der Waals surface area contributed by atoms with Crippen molar-refractivity contribution >= 4 is 11.7 Å². The number of piperidine rings is 1. The van der Waals surface area contributed by atoms with Crippen LogP contribution in [0.2, 0.25) is 0 Å². The number of likely N-dealkylation sites (tertiary alicyclic amines) is 1. The van der Waals surface area contributed by atoms with Gasteiger partial charge in [0.1, 0.15) is 11.6 Å². The van der Waals surface area contributed by atoms with Crippen molar-refractivity contribution in [2.75, 3.05) is 18.8 Å². The number of benzene rings is 1. The summed E-state index contributed by atoms with van der Waals surface area (Å²) in [5, 5.41) is 6.80. The molecule has 8 heteroatoms. The van der Waals surface area contributed by atoms with Crippen LogP contribution in [0.25, 0.3) is 5.69 Å². The van der Waals surface area contributed by atoms with Crippen LogP contribution in [0, 0.1) is 0 Å². The predicted octanol–water partition coefficient (Wildman–Crippen LogP) is 1.56. The molecule has 8 nitrogen and oxygen atoms in total. The van der Waals surface area contributed by atoms with Gasteiger partial charge in [0.15, 0.2) is 0 Å². The fraction of sp³-hybridized carbons (Fsp3) is 0.263. The highest BCUT2D eigenvalue weighted by Gasteiger charge is 2.29. The number of nitrogens with one attached hydrogen (secondary N) is 1. The predicted molar refractivity (Wildman–Crippen MR) is 101 cm³/mol. The van der Waals surface area contributed by atoms with Crippen molar-refractivity contribution in [3.8, 4) is 5.69 Å². The van der Waals surface area contributed by atoms with E-state index in [0.717, 1.165) is 18.5 Å². The lowest BCUT2D eigenvalue weighted by Crippen LogP contribution is -2.40. The summed E-state index contributed by atoms with van der Waals surface area (Å²) in [6.45, 7) is 1.16. The Morgan fingerprint density at radius 1 is 1.22 bits per heavy atom. The van der Waals surface area contributed by atoms with E-state index in [1.165, 1.54) is 6.20 Å². The molecule has 1 amide bonds. The molecular formula is C19H20N6O2. The van der Waals surface area contributed by atoms with Crippen LogP contribution in [0.15, 0.2) is 53.5 Å². The highest BCUT2D eigenvalue weighted by Crippen LogP contribution is 2.27. The second-order valence-corrected chi connectivity index (χ2v) is 6.62. The number of carbonyl (C=O) groups is 1. The lowest BCUT2D eigenvalue weighted by molar-refractivity contribution is 0.0704. The molecule has 0 bridgehead atoms. The molecule has 3 heterocycles. The van der Waals surface area contributed by atoms with Gasteiger partial charge in [-0.3, -0.25) is 4.79 Å². The molecular weight excluding hydrogens is 344 g/mol. The van der Waals surface area contributed by atoms with Crippen molar-refractivity contribution in [2.45, 2.75) is 18.8 Å². The summed E-state index contributed by atoms with van der Waals surface area (Å²) in [5.41, 5.74) is 6.70. The summed E-state index contributed by atoms with van der Waals surface area (Å²) in [6.07, 6.45) is 3.23. The SMILES string of the molecule is Nc1cc(C(=O)N2CCCC(c3n[nH]c(=O)n3-c3ccccc3)C2)ccn1.